The SMILES string of the molecule is COC(=O)c1ccccc1N=CC[C@H](C)CCCC(C)(C)O. The van der Waals surface area contributed by atoms with Crippen LogP contribution < -0.4 is 0 Å². The van der Waals surface area contributed by atoms with Gasteiger partial charge in [-0.25, -0.2) is 4.79 Å². The van der Waals surface area contributed by atoms with Crippen LogP contribution in [0.3, 0.4) is 0 Å². The highest BCUT2D eigenvalue weighted by Crippen LogP contribution is 2.20. The van der Waals surface area contributed by atoms with E-state index in [2.05, 4.69) is 11.9 Å². The van der Waals surface area contributed by atoms with Gasteiger partial charge in [-0.2, -0.15) is 0 Å². The van der Waals surface area contributed by atoms with Gasteiger partial charge in [0.05, 0.1) is 24.0 Å². The zero-order valence-electron chi connectivity index (χ0n) is 14.0. The Balaban J connectivity index is 2.50. The number of carbonyl (C=O) groups excluding carboxylic acids is 1. The fourth-order valence-corrected chi connectivity index (χ4v) is 2.20. The molecule has 0 aliphatic carbocycles. The Morgan fingerprint density at radius 1 is 1.41 bits per heavy atom. The van der Waals surface area contributed by atoms with Crippen molar-refractivity contribution in [2.45, 2.75) is 52.1 Å². The minimum absolute atomic E-state index is 0.369. The predicted molar refractivity (Wildman–Crippen MR) is 89.9 cm³/mol. The average molecular weight is 305 g/mol. The summed E-state index contributed by atoms with van der Waals surface area (Å²) in [5, 5.41) is 9.69. The summed E-state index contributed by atoms with van der Waals surface area (Å²) in [5.41, 5.74) is 0.529. The first-order valence-corrected chi connectivity index (χ1v) is 7.75. The lowest BCUT2D eigenvalue weighted by Gasteiger charge is -2.17. The summed E-state index contributed by atoms with van der Waals surface area (Å²) in [6.07, 6.45) is 5.56. The number of esters is 1. The summed E-state index contributed by atoms with van der Waals surface area (Å²) in [7, 11) is 1.37. The largest absolute Gasteiger partial charge is 0.465 e. The Bertz CT molecular complexity index is 503. The Hall–Kier alpha value is -1.68. The van der Waals surface area contributed by atoms with E-state index in [1.807, 2.05) is 32.2 Å². The molecule has 1 aromatic rings. The fraction of sp³-hybridized carbons (Fsp3) is 0.556. The summed E-state index contributed by atoms with van der Waals surface area (Å²) in [6.45, 7) is 5.84. The van der Waals surface area contributed by atoms with Crippen LogP contribution in [-0.4, -0.2) is 30.0 Å². The normalized spacial score (nSPS) is 13.3. The number of hydrogen-bond donors (Lipinski definition) is 1. The molecule has 0 bridgehead atoms. The van der Waals surface area contributed by atoms with Crippen molar-refractivity contribution >= 4 is 17.9 Å². The summed E-state index contributed by atoms with van der Waals surface area (Å²) in [4.78, 5) is 16.0. The average Bonchev–Trinajstić information content (AvgIpc) is 2.45. The van der Waals surface area contributed by atoms with Crippen molar-refractivity contribution in [3.8, 4) is 0 Å². The molecule has 0 aromatic heterocycles. The Morgan fingerprint density at radius 3 is 2.73 bits per heavy atom. The van der Waals surface area contributed by atoms with Gasteiger partial charge in [0.1, 0.15) is 0 Å². The molecule has 0 saturated heterocycles. The summed E-state index contributed by atoms with van der Waals surface area (Å²) in [5.74, 6) is 0.127. The first-order valence-electron chi connectivity index (χ1n) is 7.75. The molecule has 1 N–H and O–H groups in total. The van der Waals surface area contributed by atoms with Crippen LogP contribution in [0.25, 0.3) is 0 Å². The van der Waals surface area contributed by atoms with Crippen molar-refractivity contribution in [2.75, 3.05) is 7.11 Å². The molecule has 1 rings (SSSR count). The zero-order valence-corrected chi connectivity index (χ0v) is 14.0. The summed E-state index contributed by atoms with van der Waals surface area (Å²) in [6, 6.07) is 7.17. The molecule has 0 amide bonds. The maximum absolute atomic E-state index is 11.6. The van der Waals surface area contributed by atoms with E-state index in [-0.39, 0.29) is 5.97 Å². The molecule has 22 heavy (non-hydrogen) atoms. The number of ether oxygens (including phenoxy) is 1. The molecule has 0 fully saturated rings. The smallest absolute Gasteiger partial charge is 0.340 e. The lowest BCUT2D eigenvalue weighted by molar-refractivity contribution is 0.0601. The van der Waals surface area contributed by atoms with Crippen molar-refractivity contribution < 1.29 is 14.6 Å². The molecule has 4 heteroatoms. The van der Waals surface area contributed by atoms with Gasteiger partial charge in [-0.3, -0.25) is 4.99 Å². The number of aliphatic imine (C=N–C) groups is 1. The number of nitrogens with zero attached hydrogens (tertiary/aromatic N) is 1. The topological polar surface area (TPSA) is 58.9 Å². The van der Waals surface area contributed by atoms with Gasteiger partial charge in [0.15, 0.2) is 0 Å². The number of para-hydroxylation sites is 1. The van der Waals surface area contributed by atoms with Crippen LogP contribution in [0.2, 0.25) is 0 Å². The number of benzene rings is 1. The quantitative estimate of drug-likeness (QED) is 0.580. The van der Waals surface area contributed by atoms with Gasteiger partial charge in [0.25, 0.3) is 0 Å². The Morgan fingerprint density at radius 2 is 2.09 bits per heavy atom. The standard InChI is InChI=1S/C18H27NO3/c1-14(8-7-12-18(2,3)21)11-13-19-16-10-6-5-9-15(16)17(20)22-4/h5-6,9-10,13-14,21H,7-8,11-12H2,1-4H3/t14-/m1/s1. The van der Waals surface area contributed by atoms with E-state index in [0.29, 0.717) is 17.2 Å². The second-order valence-electron chi connectivity index (χ2n) is 6.37. The molecule has 0 unspecified atom stereocenters. The van der Waals surface area contributed by atoms with E-state index in [1.54, 1.807) is 12.1 Å². The van der Waals surface area contributed by atoms with Crippen molar-refractivity contribution in [3.05, 3.63) is 29.8 Å². The van der Waals surface area contributed by atoms with Crippen LogP contribution in [0.4, 0.5) is 5.69 Å². The first kappa shape index (κ1) is 18.4. The molecule has 122 valence electrons. The number of carbonyl (C=O) groups is 1. The van der Waals surface area contributed by atoms with Crippen LogP contribution in [0.15, 0.2) is 29.3 Å². The monoisotopic (exact) mass is 305 g/mol. The molecule has 0 heterocycles. The van der Waals surface area contributed by atoms with Crippen LogP contribution in [-0.2, 0) is 4.74 Å². The molecule has 1 aromatic carbocycles. The summed E-state index contributed by atoms with van der Waals surface area (Å²) >= 11 is 0. The van der Waals surface area contributed by atoms with Gasteiger partial charge in [0.2, 0.25) is 0 Å². The zero-order chi connectivity index (χ0) is 16.6. The van der Waals surface area contributed by atoms with E-state index in [1.165, 1.54) is 7.11 Å². The van der Waals surface area contributed by atoms with Crippen molar-refractivity contribution in [1.29, 1.82) is 0 Å². The fourth-order valence-electron chi connectivity index (χ4n) is 2.20. The third kappa shape index (κ3) is 6.85. The molecule has 1 atom stereocenters. The highest BCUT2D eigenvalue weighted by molar-refractivity contribution is 5.95. The van der Waals surface area contributed by atoms with Crippen molar-refractivity contribution in [2.24, 2.45) is 10.9 Å². The molecule has 0 saturated carbocycles. The second kappa shape index (κ2) is 8.69. The van der Waals surface area contributed by atoms with E-state index in [0.717, 1.165) is 25.7 Å². The number of rotatable bonds is 8. The van der Waals surface area contributed by atoms with Crippen LogP contribution in [0.5, 0.6) is 0 Å². The van der Waals surface area contributed by atoms with Gasteiger partial charge < -0.3 is 9.84 Å². The molecule has 0 aliphatic rings. The minimum atomic E-state index is -0.590. The predicted octanol–water partition coefficient (Wildman–Crippen LogP) is 4.14. The van der Waals surface area contributed by atoms with Gasteiger partial charge in [-0.1, -0.05) is 31.9 Å². The Labute approximate surface area is 133 Å². The Kier molecular flexibility index (Phi) is 7.25. The van der Waals surface area contributed by atoms with Gasteiger partial charge in [0, 0.05) is 6.21 Å². The summed E-state index contributed by atoms with van der Waals surface area (Å²) < 4.78 is 4.75. The molecular weight excluding hydrogens is 278 g/mol. The maximum atomic E-state index is 11.6. The maximum Gasteiger partial charge on any atom is 0.340 e. The van der Waals surface area contributed by atoms with E-state index < -0.39 is 5.60 Å². The minimum Gasteiger partial charge on any atom is -0.465 e. The first-order chi connectivity index (χ1) is 10.3. The third-order valence-electron chi connectivity index (χ3n) is 3.53. The molecule has 4 nitrogen and oxygen atoms in total. The van der Waals surface area contributed by atoms with Crippen LogP contribution in [0, 0.1) is 5.92 Å². The lowest BCUT2D eigenvalue weighted by Crippen LogP contribution is -2.18. The van der Waals surface area contributed by atoms with Crippen LogP contribution >= 0.6 is 0 Å². The molecule has 0 aliphatic heterocycles. The molecule has 0 radical (unpaired) electrons. The molecular formula is C18H27NO3. The highest BCUT2D eigenvalue weighted by atomic mass is 16.5. The van der Waals surface area contributed by atoms with Gasteiger partial charge in [-0.05, 0) is 44.7 Å². The van der Waals surface area contributed by atoms with E-state index >= 15 is 0 Å². The molecule has 0 spiro atoms. The number of methoxy groups -OCH3 is 1. The number of aliphatic hydroxyl groups is 1. The van der Waals surface area contributed by atoms with Gasteiger partial charge >= 0.3 is 5.97 Å². The third-order valence-corrected chi connectivity index (χ3v) is 3.53. The lowest BCUT2D eigenvalue weighted by atomic mass is 9.95. The van der Waals surface area contributed by atoms with Crippen molar-refractivity contribution in [1.82, 2.24) is 0 Å². The van der Waals surface area contributed by atoms with Crippen LogP contribution in [0.1, 0.15) is 56.8 Å². The van der Waals surface area contributed by atoms with Gasteiger partial charge in [-0.15, -0.1) is 0 Å². The highest BCUT2D eigenvalue weighted by Gasteiger charge is 2.13. The van der Waals surface area contributed by atoms with E-state index in [4.69, 9.17) is 4.74 Å². The number of hydrogen-bond acceptors (Lipinski definition) is 4. The second-order valence-corrected chi connectivity index (χ2v) is 6.37. The van der Waals surface area contributed by atoms with E-state index in [9.17, 15) is 9.90 Å². The van der Waals surface area contributed by atoms with Crippen molar-refractivity contribution in [3.63, 3.8) is 0 Å².